The summed E-state index contributed by atoms with van der Waals surface area (Å²) in [7, 11) is 5.99. The number of carbonyl (C=O) groups excluding carboxylic acids is 2. The van der Waals surface area contributed by atoms with Crippen LogP contribution in [-0.2, 0) is 33.3 Å². The summed E-state index contributed by atoms with van der Waals surface area (Å²) in [5.41, 5.74) is 0. The minimum atomic E-state index is -1.51. The van der Waals surface area contributed by atoms with Crippen LogP contribution in [0.1, 0.15) is 386 Å². The number of esters is 2. The van der Waals surface area contributed by atoms with Crippen LogP contribution in [0.2, 0.25) is 0 Å². The third kappa shape index (κ3) is 82.8. The van der Waals surface area contributed by atoms with Gasteiger partial charge in [0.15, 0.2) is 6.10 Å². The van der Waals surface area contributed by atoms with Crippen LogP contribution in [0.5, 0.6) is 0 Å². The molecule has 2 atom stereocenters. The molecule has 2 unspecified atom stereocenters. The number of nitrogens with zero attached hydrogens (tertiary/aromatic N) is 1. The van der Waals surface area contributed by atoms with Crippen LogP contribution in [0.3, 0.4) is 0 Å². The summed E-state index contributed by atoms with van der Waals surface area (Å²) in [5, 5.41) is 9.79. The first kappa shape index (κ1) is 96.7. The molecule has 1 N–H and O–H groups in total. The van der Waals surface area contributed by atoms with Gasteiger partial charge in [-0.1, -0.05) is 386 Å². The smallest absolute Gasteiger partial charge is 0.361 e. The zero-order chi connectivity index (χ0) is 73.2. The molecule has 0 fully saturated rings. The molecule has 582 valence electrons. The minimum Gasteiger partial charge on any atom is -0.477 e. The Morgan fingerprint density at radius 1 is 0.307 bits per heavy atom. The van der Waals surface area contributed by atoms with E-state index in [4.69, 9.17) is 18.9 Å². The lowest BCUT2D eigenvalue weighted by Gasteiger charge is -2.25. The molecule has 0 heterocycles. The standard InChI is InChI=1S/C92H161NO8/c1-6-8-10-12-14-16-18-20-22-24-26-28-30-32-34-36-38-40-42-43-44-45-46-47-49-51-53-55-57-59-61-63-65-67-69-71-73-75-77-79-81-83-90(95)101-88(87-100-92(91(96)97)98-85-84-93(3,4)5)86-99-89(94)82-80-78-76-74-72-70-68-66-64-62-60-58-56-54-52-50-48-41-39-37-35-33-31-29-27-25-23-21-19-17-15-13-11-9-7-2/h8,10,14,16,19-22,25-28,32,34,38,40,43-44,46-47,88,92H,6-7,9,11-13,15,17-18,23-24,29-31,33,35-37,39,41-42,45,48-87H2,1-5H3/p+1/b10-8-,16-14-,21-19-,22-20-,27-25-,28-26-,34-32-,40-38-,44-43-,47-46-. The summed E-state index contributed by atoms with van der Waals surface area (Å²) in [5.74, 6) is -1.99. The highest BCUT2D eigenvalue weighted by Crippen LogP contribution is 2.19. The van der Waals surface area contributed by atoms with E-state index in [1.165, 1.54) is 263 Å². The van der Waals surface area contributed by atoms with Crippen molar-refractivity contribution < 1.29 is 42.9 Å². The number of unbranched alkanes of at least 4 members (excludes halogenated alkanes) is 44. The van der Waals surface area contributed by atoms with Crippen molar-refractivity contribution in [2.45, 2.75) is 399 Å². The number of hydrogen-bond acceptors (Lipinski definition) is 7. The predicted octanol–water partition coefficient (Wildman–Crippen LogP) is 27.8. The van der Waals surface area contributed by atoms with Crippen molar-refractivity contribution in [2.75, 3.05) is 47.5 Å². The molecule has 9 nitrogen and oxygen atoms in total. The molecule has 0 amide bonds. The number of carboxylic acid groups (broad SMARTS) is 1. The fourth-order valence-electron chi connectivity index (χ4n) is 12.2. The summed E-state index contributed by atoms with van der Waals surface area (Å²) >= 11 is 0. The monoisotopic (exact) mass is 1410 g/mol. The Kier molecular flexibility index (Phi) is 77.9. The molecule has 0 aromatic heterocycles. The number of rotatable bonds is 79. The molecular weight excluding hydrogens is 1250 g/mol. The molecule has 0 aliphatic carbocycles. The zero-order valence-corrected chi connectivity index (χ0v) is 66.8. The van der Waals surface area contributed by atoms with Gasteiger partial charge in [-0.2, -0.15) is 0 Å². The lowest BCUT2D eigenvalue weighted by Crippen LogP contribution is -2.40. The molecule has 9 heteroatoms. The van der Waals surface area contributed by atoms with Gasteiger partial charge in [0.1, 0.15) is 13.2 Å². The van der Waals surface area contributed by atoms with Crippen LogP contribution in [0.15, 0.2) is 122 Å². The van der Waals surface area contributed by atoms with Crippen molar-refractivity contribution in [3.05, 3.63) is 122 Å². The first-order chi connectivity index (χ1) is 49.6. The number of aliphatic carboxylic acids is 1. The van der Waals surface area contributed by atoms with Gasteiger partial charge in [0.2, 0.25) is 0 Å². The quantitative estimate of drug-likeness (QED) is 0.0211. The molecule has 0 aliphatic heterocycles. The van der Waals surface area contributed by atoms with Gasteiger partial charge in [-0.25, -0.2) is 4.79 Å². The van der Waals surface area contributed by atoms with Crippen molar-refractivity contribution in [1.82, 2.24) is 0 Å². The zero-order valence-electron chi connectivity index (χ0n) is 66.8. The first-order valence-electron chi connectivity index (χ1n) is 42.7. The van der Waals surface area contributed by atoms with Crippen molar-refractivity contribution in [1.29, 1.82) is 0 Å². The van der Waals surface area contributed by atoms with Gasteiger partial charge in [-0.05, 0) is 109 Å². The van der Waals surface area contributed by atoms with E-state index in [9.17, 15) is 19.5 Å². The van der Waals surface area contributed by atoms with E-state index in [1.54, 1.807) is 0 Å². The summed E-state index contributed by atoms with van der Waals surface area (Å²) in [6.45, 7) is 4.80. The summed E-state index contributed by atoms with van der Waals surface area (Å²) in [6.07, 6.45) is 114. The van der Waals surface area contributed by atoms with Crippen LogP contribution < -0.4 is 0 Å². The Morgan fingerprint density at radius 3 is 0.842 bits per heavy atom. The Balaban J connectivity index is 3.99. The maximum absolute atomic E-state index is 13.0. The number of hydrogen-bond donors (Lipinski definition) is 1. The maximum Gasteiger partial charge on any atom is 0.361 e. The molecule has 0 spiro atoms. The van der Waals surface area contributed by atoms with E-state index in [0.717, 1.165) is 96.3 Å². The van der Waals surface area contributed by atoms with Crippen LogP contribution in [0.25, 0.3) is 0 Å². The highest BCUT2D eigenvalue weighted by atomic mass is 16.7. The van der Waals surface area contributed by atoms with E-state index < -0.39 is 24.3 Å². The molecule has 0 aromatic rings. The van der Waals surface area contributed by atoms with Crippen LogP contribution in [0.4, 0.5) is 0 Å². The molecule has 0 aromatic carbocycles. The van der Waals surface area contributed by atoms with Gasteiger partial charge in [0, 0.05) is 12.8 Å². The largest absolute Gasteiger partial charge is 0.477 e. The molecule has 0 saturated carbocycles. The van der Waals surface area contributed by atoms with Crippen molar-refractivity contribution in [2.24, 2.45) is 0 Å². The third-order valence-corrected chi connectivity index (χ3v) is 18.7. The third-order valence-electron chi connectivity index (χ3n) is 18.7. The van der Waals surface area contributed by atoms with Gasteiger partial charge in [-0.15, -0.1) is 0 Å². The van der Waals surface area contributed by atoms with E-state index in [0.29, 0.717) is 17.4 Å². The molecule has 0 rings (SSSR count). The lowest BCUT2D eigenvalue weighted by molar-refractivity contribution is -0.870. The number of carboxylic acids is 1. The normalized spacial score (nSPS) is 13.2. The van der Waals surface area contributed by atoms with Crippen LogP contribution in [0, 0.1) is 0 Å². The van der Waals surface area contributed by atoms with Gasteiger partial charge in [0.05, 0.1) is 34.4 Å². The highest BCUT2D eigenvalue weighted by molar-refractivity contribution is 5.71. The van der Waals surface area contributed by atoms with E-state index in [2.05, 4.69) is 135 Å². The first-order valence-corrected chi connectivity index (χ1v) is 42.7. The fourth-order valence-corrected chi connectivity index (χ4v) is 12.2. The SMILES string of the molecule is CC/C=C\C/C=C\C/C=C\C/C=C\C/C=C\C/C=C\C/C=C\C/C=C\CCCCCCCCCCCCCCCCCCC(=O)OC(COC(=O)CCCCCCCCCCCCCCCCCCCCCCCCC/C=C\C/C=C\CCCCCCC)COC(OCC[N+](C)(C)C)C(=O)O. The average molecular weight is 1410 g/mol. The number of carbonyl (C=O) groups is 3. The summed E-state index contributed by atoms with van der Waals surface area (Å²) in [4.78, 5) is 37.8. The van der Waals surface area contributed by atoms with E-state index >= 15 is 0 Å². The predicted molar refractivity (Wildman–Crippen MR) is 438 cm³/mol. The van der Waals surface area contributed by atoms with Crippen molar-refractivity contribution in [3.8, 4) is 0 Å². The number of ether oxygens (including phenoxy) is 4. The van der Waals surface area contributed by atoms with Gasteiger partial charge in [0.25, 0.3) is 6.29 Å². The van der Waals surface area contributed by atoms with Crippen molar-refractivity contribution >= 4 is 17.9 Å². The van der Waals surface area contributed by atoms with Crippen LogP contribution >= 0.6 is 0 Å². The molecule has 0 bridgehead atoms. The Morgan fingerprint density at radius 2 is 0.564 bits per heavy atom. The Labute approximate surface area is 625 Å². The van der Waals surface area contributed by atoms with Crippen LogP contribution in [-0.4, -0.2) is 87.4 Å². The van der Waals surface area contributed by atoms with Gasteiger partial charge >= 0.3 is 17.9 Å². The fraction of sp³-hybridized carbons (Fsp3) is 0.750. The topological polar surface area (TPSA) is 108 Å². The minimum absolute atomic E-state index is 0.181. The molecule has 101 heavy (non-hydrogen) atoms. The van der Waals surface area contributed by atoms with E-state index in [1.807, 2.05) is 21.1 Å². The van der Waals surface area contributed by atoms with Gasteiger partial charge in [-0.3, -0.25) is 9.59 Å². The van der Waals surface area contributed by atoms with Gasteiger partial charge < -0.3 is 28.5 Å². The van der Waals surface area contributed by atoms with Crippen molar-refractivity contribution in [3.63, 3.8) is 0 Å². The van der Waals surface area contributed by atoms with E-state index in [-0.39, 0.29) is 32.2 Å². The highest BCUT2D eigenvalue weighted by Gasteiger charge is 2.25. The second kappa shape index (κ2) is 81.4. The number of likely N-dealkylation sites (N-methyl/N-ethyl adjacent to an activating group) is 1. The Bertz CT molecular complexity index is 2090. The number of quaternary nitrogens is 1. The summed E-state index contributed by atoms with van der Waals surface area (Å²) in [6, 6.07) is 0. The molecule has 0 radical (unpaired) electrons. The second-order valence-corrected chi connectivity index (χ2v) is 29.8. The Hall–Kier alpha value is -4.31. The number of allylic oxidation sites excluding steroid dienone is 20. The molecular formula is C92H162NO8+. The second-order valence-electron chi connectivity index (χ2n) is 29.8. The lowest BCUT2D eigenvalue weighted by atomic mass is 10.0. The molecule has 0 saturated heterocycles. The average Bonchev–Trinajstić information content (AvgIpc) is 1.21. The summed E-state index contributed by atoms with van der Waals surface area (Å²) < 4.78 is 23.1. The maximum atomic E-state index is 13.0. The molecule has 0 aliphatic rings.